The molecule has 0 amide bonds. The summed E-state index contributed by atoms with van der Waals surface area (Å²) in [6.45, 7) is 0. The predicted octanol–water partition coefficient (Wildman–Crippen LogP) is 2.94. The molecule has 5 heteroatoms. The first kappa shape index (κ1) is 12.5. The van der Waals surface area contributed by atoms with Crippen LogP contribution < -0.4 is 5.73 Å². The zero-order valence-electron chi connectivity index (χ0n) is 9.17. The molecular weight excluding hydrogens is 255 g/mol. The van der Waals surface area contributed by atoms with Gasteiger partial charge in [0.15, 0.2) is 0 Å². The van der Waals surface area contributed by atoms with Gasteiger partial charge in [-0.1, -0.05) is 6.07 Å². The Morgan fingerprint density at radius 2 is 2.35 bits per heavy atom. The predicted molar refractivity (Wildman–Crippen MR) is 70.9 cm³/mol. The van der Waals surface area contributed by atoms with Crippen LogP contribution in [0.1, 0.15) is 4.88 Å². The van der Waals surface area contributed by atoms with E-state index in [-0.39, 0.29) is 11.9 Å². The van der Waals surface area contributed by atoms with Crippen molar-refractivity contribution in [2.75, 3.05) is 5.75 Å². The quantitative estimate of drug-likeness (QED) is 0.847. The molecule has 0 saturated heterocycles. The van der Waals surface area contributed by atoms with Crippen molar-refractivity contribution in [1.29, 1.82) is 0 Å². The molecular formula is C12H13FN2S2. The number of benzene rings is 1. The second-order valence-electron chi connectivity index (χ2n) is 3.70. The van der Waals surface area contributed by atoms with Crippen molar-refractivity contribution in [1.82, 2.24) is 4.98 Å². The highest BCUT2D eigenvalue weighted by atomic mass is 32.2. The first-order chi connectivity index (χ1) is 8.24. The fourth-order valence-electron chi connectivity index (χ4n) is 1.42. The molecule has 1 unspecified atom stereocenters. The molecule has 2 N–H and O–H groups in total. The number of aromatic nitrogens is 1. The van der Waals surface area contributed by atoms with Crippen LogP contribution in [0.25, 0.3) is 0 Å². The second-order valence-corrected chi connectivity index (χ2v) is 5.76. The number of nitrogens with zero attached hydrogens (tertiary/aromatic N) is 1. The van der Waals surface area contributed by atoms with Gasteiger partial charge < -0.3 is 5.73 Å². The van der Waals surface area contributed by atoms with Crippen molar-refractivity contribution in [3.8, 4) is 0 Å². The van der Waals surface area contributed by atoms with Gasteiger partial charge in [0.25, 0.3) is 0 Å². The molecule has 2 aromatic rings. The minimum absolute atomic E-state index is 0.0729. The SMILES string of the molecule is NC(CSc1cccc(F)c1)Cc1cncs1. The van der Waals surface area contributed by atoms with Crippen molar-refractivity contribution in [3.63, 3.8) is 0 Å². The topological polar surface area (TPSA) is 38.9 Å². The molecule has 2 nitrogen and oxygen atoms in total. The highest BCUT2D eigenvalue weighted by Crippen LogP contribution is 2.20. The normalized spacial score (nSPS) is 12.6. The van der Waals surface area contributed by atoms with E-state index >= 15 is 0 Å². The van der Waals surface area contributed by atoms with Gasteiger partial charge in [0, 0.05) is 27.8 Å². The Hall–Kier alpha value is -0.910. The standard InChI is InChI=1S/C12H13FN2S2/c13-9-2-1-3-11(4-9)16-7-10(14)5-12-6-15-8-17-12/h1-4,6,8,10H,5,7,14H2. The zero-order valence-corrected chi connectivity index (χ0v) is 10.8. The van der Waals surface area contributed by atoms with Crippen LogP contribution in [0, 0.1) is 5.82 Å². The summed E-state index contributed by atoms with van der Waals surface area (Å²) in [6.07, 6.45) is 2.67. The first-order valence-electron chi connectivity index (χ1n) is 5.25. The number of rotatable bonds is 5. The van der Waals surface area contributed by atoms with E-state index in [9.17, 15) is 4.39 Å². The van der Waals surface area contributed by atoms with E-state index in [4.69, 9.17) is 5.73 Å². The molecule has 1 heterocycles. The number of nitrogens with two attached hydrogens (primary N) is 1. The fraction of sp³-hybridized carbons (Fsp3) is 0.250. The largest absolute Gasteiger partial charge is 0.327 e. The number of hydrogen-bond donors (Lipinski definition) is 1. The van der Waals surface area contributed by atoms with Gasteiger partial charge in [0.05, 0.1) is 5.51 Å². The summed E-state index contributed by atoms with van der Waals surface area (Å²) in [5, 5.41) is 0. The third-order valence-electron chi connectivity index (χ3n) is 2.21. The molecule has 17 heavy (non-hydrogen) atoms. The molecule has 90 valence electrons. The Kier molecular flexibility index (Phi) is 4.53. The maximum atomic E-state index is 12.9. The van der Waals surface area contributed by atoms with Gasteiger partial charge in [-0.15, -0.1) is 23.1 Å². The molecule has 0 fully saturated rings. The van der Waals surface area contributed by atoms with E-state index in [1.54, 1.807) is 29.2 Å². The van der Waals surface area contributed by atoms with Gasteiger partial charge in [-0.25, -0.2) is 4.39 Å². The van der Waals surface area contributed by atoms with Crippen molar-refractivity contribution in [3.05, 3.63) is 46.7 Å². The molecule has 0 spiro atoms. The Morgan fingerprint density at radius 1 is 1.47 bits per heavy atom. The van der Waals surface area contributed by atoms with Crippen LogP contribution >= 0.6 is 23.1 Å². The van der Waals surface area contributed by atoms with Crippen LogP contribution in [0.5, 0.6) is 0 Å². The summed E-state index contributed by atoms with van der Waals surface area (Å²) in [5.41, 5.74) is 7.82. The van der Waals surface area contributed by atoms with Crippen molar-refractivity contribution in [2.24, 2.45) is 5.73 Å². The average Bonchev–Trinajstić information content (AvgIpc) is 2.79. The third kappa shape index (κ3) is 4.11. The second kappa shape index (κ2) is 6.14. The summed E-state index contributed by atoms with van der Waals surface area (Å²) >= 11 is 3.20. The summed E-state index contributed by atoms with van der Waals surface area (Å²) in [4.78, 5) is 6.12. The molecule has 0 saturated carbocycles. The summed E-state index contributed by atoms with van der Waals surface area (Å²) < 4.78 is 12.9. The number of hydrogen-bond acceptors (Lipinski definition) is 4. The maximum Gasteiger partial charge on any atom is 0.124 e. The maximum absolute atomic E-state index is 12.9. The van der Waals surface area contributed by atoms with Crippen molar-refractivity contribution < 1.29 is 4.39 Å². The minimum Gasteiger partial charge on any atom is -0.327 e. The highest BCUT2D eigenvalue weighted by Gasteiger charge is 2.06. The van der Waals surface area contributed by atoms with Crippen molar-refractivity contribution in [2.45, 2.75) is 17.4 Å². The zero-order chi connectivity index (χ0) is 12.1. The van der Waals surface area contributed by atoms with Crippen LogP contribution in [0.2, 0.25) is 0 Å². The van der Waals surface area contributed by atoms with E-state index in [1.165, 1.54) is 17.0 Å². The fourth-order valence-corrected chi connectivity index (χ4v) is 3.00. The molecule has 2 rings (SSSR count). The third-order valence-corrected chi connectivity index (χ3v) is 4.19. The molecule has 0 aliphatic heterocycles. The molecule has 1 atom stereocenters. The molecule has 0 bridgehead atoms. The molecule has 0 aliphatic rings. The van der Waals surface area contributed by atoms with Crippen LogP contribution in [0.3, 0.4) is 0 Å². The van der Waals surface area contributed by atoms with Gasteiger partial charge in [-0.2, -0.15) is 0 Å². The lowest BCUT2D eigenvalue weighted by Crippen LogP contribution is -2.25. The molecule has 1 aromatic heterocycles. The van der Waals surface area contributed by atoms with E-state index in [2.05, 4.69) is 4.98 Å². The summed E-state index contributed by atoms with van der Waals surface area (Å²) in [5.74, 6) is 0.576. The van der Waals surface area contributed by atoms with Crippen LogP contribution in [0.4, 0.5) is 4.39 Å². The van der Waals surface area contributed by atoms with E-state index in [0.717, 1.165) is 17.1 Å². The number of thioether (sulfide) groups is 1. The van der Waals surface area contributed by atoms with E-state index in [0.29, 0.717) is 0 Å². The monoisotopic (exact) mass is 268 g/mol. The van der Waals surface area contributed by atoms with E-state index in [1.807, 2.05) is 17.8 Å². The Balaban J connectivity index is 1.82. The average molecular weight is 268 g/mol. The Labute approximate surface area is 108 Å². The number of halogens is 1. The summed E-state index contributed by atoms with van der Waals surface area (Å²) in [7, 11) is 0. The van der Waals surface area contributed by atoms with E-state index < -0.39 is 0 Å². The van der Waals surface area contributed by atoms with Crippen LogP contribution in [-0.2, 0) is 6.42 Å². The van der Waals surface area contributed by atoms with Gasteiger partial charge in [-0.05, 0) is 24.6 Å². The molecule has 0 aliphatic carbocycles. The van der Waals surface area contributed by atoms with Gasteiger partial charge >= 0.3 is 0 Å². The molecule has 0 radical (unpaired) electrons. The lowest BCUT2D eigenvalue weighted by Gasteiger charge is -2.09. The Bertz CT molecular complexity index is 459. The van der Waals surface area contributed by atoms with Crippen LogP contribution in [0.15, 0.2) is 40.9 Å². The van der Waals surface area contributed by atoms with Gasteiger partial charge in [0.1, 0.15) is 5.82 Å². The lowest BCUT2D eigenvalue weighted by atomic mass is 10.2. The van der Waals surface area contributed by atoms with Crippen LogP contribution in [-0.4, -0.2) is 16.8 Å². The lowest BCUT2D eigenvalue weighted by molar-refractivity contribution is 0.624. The first-order valence-corrected chi connectivity index (χ1v) is 7.12. The highest BCUT2D eigenvalue weighted by molar-refractivity contribution is 7.99. The summed E-state index contributed by atoms with van der Waals surface area (Å²) in [6, 6.07) is 6.66. The minimum atomic E-state index is -0.203. The van der Waals surface area contributed by atoms with Gasteiger partial charge in [0.2, 0.25) is 0 Å². The molecule has 1 aromatic carbocycles. The number of thiazole rings is 1. The smallest absolute Gasteiger partial charge is 0.124 e. The van der Waals surface area contributed by atoms with Crippen molar-refractivity contribution >= 4 is 23.1 Å². The Morgan fingerprint density at radius 3 is 3.06 bits per heavy atom. The van der Waals surface area contributed by atoms with Gasteiger partial charge in [-0.3, -0.25) is 4.98 Å².